The SMILES string of the molecule is CC1(C)c2cc(S(=O)(=O)O)ccc2N(CCCCCC(=O)O)C1C=c1c(=O)c(=CC2[NH+](CCCCCC(=O)O)c3ccc(SOOO)cc3C2(C)C)c1=NC#N. The Bertz CT molecular complexity index is 2340. The predicted octanol–water partition coefficient (Wildman–Crippen LogP) is 2.87. The second-order valence-electron chi connectivity index (χ2n) is 15.4. The zero-order valence-corrected chi connectivity index (χ0v) is 33.3. The van der Waals surface area contributed by atoms with Gasteiger partial charge in [0, 0.05) is 52.2 Å². The van der Waals surface area contributed by atoms with Crippen LogP contribution in [0.4, 0.5) is 11.4 Å². The van der Waals surface area contributed by atoms with Gasteiger partial charge in [0.15, 0.2) is 5.43 Å². The monoisotopic (exact) mass is 811 g/mol. The molecule has 3 aromatic carbocycles. The highest BCUT2D eigenvalue weighted by molar-refractivity contribution is 7.94. The maximum absolute atomic E-state index is 14.3. The minimum absolute atomic E-state index is 0.0326. The first-order valence-electron chi connectivity index (χ1n) is 18.4. The Morgan fingerprint density at radius 2 is 1.61 bits per heavy atom. The van der Waals surface area contributed by atoms with Crippen LogP contribution in [0, 0.1) is 11.5 Å². The third kappa shape index (κ3) is 8.92. The number of benzene rings is 2. The van der Waals surface area contributed by atoms with Gasteiger partial charge in [0.2, 0.25) is 6.19 Å². The lowest BCUT2D eigenvalue weighted by molar-refractivity contribution is -0.847. The lowest BCUT2D eigenvalue weighted by Crippen LogP contribution is -3.10. The van der Waals surface area contributed by atoms with Crippen molar-refractivity contribution >= 4 is 57.6 Å². The van der Waals surface area contributed by atoms with Gasteiger partial charge in [0.25, 0.3) is 10.1 Å². The molecule has 3 aromatic rings. The Hall–Kier alpha value is -4.41. The predicted molar refractivity (Wildman–Crippen MR) is 206 cm³/mol. The fourth-order valence-electron chi connectivity index (χ4n) is 8.26. The van der Waals surface area contributed by atoms with E-state index in [1.807, 2.05) is 49.2 Å². The molecule has 0 bridgehead atoms. The summed E-state index contributed by atoms with van der Waals surface area (Å²) in [6.07, 6.45) is 9.27. The largest absolute Gasteiger partial charge is 0.481 e. The fraction of sp³-hybridized carbons (Fsp3) is 0.462. The number of nitriles is 1. The highest BCUT2D eigenvalue weighted by Gasteiger charge is 2.49. The number of unbranched alkanes of at least 4 members (excludes halogenated alkanes) is 4. The molecule has 0 radical (unpaired) electrons. The molecule has 3 atom stereocenters. The molecule has 5 rings (SSSR count). The minimum Gasteiger partial charge on any atom is -0.481 e. The topological polar surface area (TPSA) is 229 Å². The number of carbonyl (C=O) groups is 2. The Kier molecular flexibility index (Phi) is 13.3. The number of rotatable bonds is 18. The van der Waals surface area contributed by atoms with E-state index in [1.54, 1.807) is 12.1 Å². The molecular weight excluding hydrogens is 765 g/mol. The smallest absolute Gasteiger partial charge is 0.303 e. The summed E-state index contributed by atoms with van der Waals surface area (Å²) in [6, 6.07) is 9.30. The second kappa shape index (κ2) is 17.4. The molecule has 2 aliphatic rings. The van der Waals surface area contributed by atoms with E-state index < -0.39 is 38.9 Å². The molecule has 56 heavy (non-hydrogen) atoms. The minimum atomic E-state index is -4.51. The Labute approximate surface area is 328 Å². The van der Waals surface area contributed by atoms with Gasteiger partial charge in [0.05, 0.1) is 45.5 Å². The molecule has 2 heterocycles. The molecule has 300 valence electrons. The molecule has 0 fully saturated rings. The highest BCUT2D eigenvalue weighted by Crippen LogP contribution is 2.47. The molecule has 5 N–H and O–H groups in total. The number of anilines is 1. The van der Waals surface area contributed by atoms with Gasteiger partial charge in [-0.25, -0.2) is 5.26 Å². The first-order chi connectivity index (χ1) is 26.4. The number of nitrogens with zero attached hydrogens (tertiary/aromatic N) is 3. The van der Waals surface area contributed by atoms with Gasteiger partial charge in [-0.3, -0.25) is 23.8 Å². The van der Waals surface area contributed by atoms with Crippen molar-refractivity contribution in [3.8, 4) is 6.19 Å². The lowest BCUT2D eigenvalue weighted by Gasteiger charge is -2.32. The number of carboxylic acid groups (broad SMARTS) is 2. The first kappa shape index (κ1) is 42.7. The van der Waals surface area contributed by atoms with Crippen LogP contribution in [0.1, 0.15) is 90.2 Å². The molecule has 15 nitrogen and oxygen atoms in total. The maximum Gasteiger partial charge on any atom is 0.303 e. The zero-order valence-electron chi connectivity index (χ0n) is 31.6. The van der Waals surface area contributed by atoms with E-state index in [1.165, 1.54) is 12.1 Å². The number of hydrogen-bond acceptors (Lipinski definition) is 12. The molecule has 0 aliphatic carbocycles. The van der Waals surface area contributed by atoms with Crippen molar-refractivity contribution in [1.29, 1.82) is 5.26 Å². The number of carboxylic acids is 2. The summed E-state index contributed by atoms with van der Waals surface area (Å²) in [4.78, 5) is 44.1. The summed E-state index contributed by atoms with van der Waals surface area (Å²) >= 11 is 0.836. The van der Waals surface area contributed by atoms with Gasteiger partial charge in [-0.2, -0.15) is 18.7 Å². The second-order valence-corrected chi connectivity index (χ2v) is 17.6. The van der Waals surface area contributed by atoms with Crippen molar-refractivity contribution < 1.29 is 52.3 Å². The van der Waals surface area contributed by atoms with Crippen LogP contribution in [-0.4, -0.2) is 65.6 Å². The summed E-state index contributed by atoms with van der Waals surface area (Å²) in [7, 11) is -4.51. The van der Waals surface area contributed by atoms with Crippen LogP contribution in [0.3, 0.4) is 0 Å². The first-order valence-corrected chi connectivity index (χ1v) is 20.5. The third-order valence-corrected chi connectivity index (χ3v) is 12.6. The summed E-state index contributed by atoms with van der Waals surface area (Å²) in [5, 5.41) is 41.3. The highest BCUT2D eigenvalue weighted by atomic mass is 32.2. The summed E-state index contributed by atoms with van der Waals surface area (Å²) < 4.78 is 38.8. The van der Waals surface area contributed by atoms with E-state index in [0.717, 1.165) is 34.6 Å². The van der Waals surface area contributed by atoms with E-state index in [0.29, 0.717) is 66.6 Å². The number of quaternary nitrogens is 1. The molecule has 0 amide bonds. The van der Waals surface area contributed by atoms with Crippen LogP contribution in [-0.2, 0) is 39.9 Å². The molecule has 2 aliphatic heterocycles. The van der Waals surface area contributed by atoms with Crippen LogP contribution in [0.15, 0.2) is 56.0 Å². The van der Waals surface area contributed by atoms with Gasteiger partial charge < -0.3 is 15.1 Å². The van der Waals surface area contributed by atoms with Crippen LogP contribution in [0.2, 0.25) is 0 Å². The summed E-state index contributed by atoms with van der Waals surface area (Å²) in [6.45, 7) is 9.03. The molecule has 0 spiro atoms. The molecule has 17 heteroatoms. The van der Waals surface area contributed by atoms with Gasteiger partial charge in [-0.1, -0.05) is 25.3 Å². The third-order valence-electron chi connectivity index (χ3n) is 11.1. The lowest BCUT2D eigenvalue weighted by atomic mass is 9.79. The Morgan fingerprint density at radius 1 is 0.946 bits per heavy atom. The van der Waals surface area contributed by atoms with Crippen molar-refractivity contribution in [3.05, 3.63) is 73.5 Å². The summed E-state index contributed by atoms with van der Waals surface area (Å²) in [5.74, 6) is -1.73. The molecule has 0 aromatic heterocycles. The fourth-order valence-corrected chi connectivity index (χ4v) is 9.17. The van der Waals surface area contributed by atoms with E-state index in [4.69, 9.17) is 15.5 Å². The van der Waals surface area contributed by atoms with Gasteiger partial charge in [0.1, 0.15) is 11.7 Å². The number of aliphatic carboxylic acids is 2. The van der Waals surface area contributed by atoms with Crippen molar-refractivity contribution in [1.82, 2.24) is 0 Å². The van der Waals surface area contributed by atoms with Crippen LogP contribution < -0.4 is 31.0 Å². The van der Waals surface area contributed by atoms with Crippen molar-refractivity contribution in [2.24, 2.45) is 4.99 Å². The van der Waals surface area contributed by atoms with E-state index >= 15 is 0 Å². The average Bonchev–Trinajstić information content (AvgIpc) is 3.47. The number of nitrogens with one attached hydrogen (secondary N) is 1. The van der Waals surface area contributed by atoms with Gasteiger partial charge in [-0.15, -0.1) is 4.33 Å². The van der Waals surface area contributed by atoms with E-state index in [9.17, 15) is 32.6 Å². The normalized spacial score (nSPS) is 20.7. The van der Waals surface area contributed by atoms with E-state index in [-0.39, 0.29) is 39.8 Å². The maximum atomic E-state index is 14.3. The number of hydrogen-bond donors (Lipinski definition) is 5. The van der Waals surface area contributed by atoms with Gasteiger partial charge in [-0.05, 0) is 94.0 Å². The average molecular weight is 812 g/mol. The standard InChI is InChI=1S/C39H46N4O11S2/c1-38(2)28-19-24(55-54-53-49)13-15-30(28)42(17-9-5-7-11-34(44)45)32(38)21-26-36(41-23-40)27(37(26)48)22-33-39(3,4)29-20-25(56(50,51)52)14-16-31(29)43(33)18-10-6-8-12-35(46)47/h13-16,19-22,32-33,49H,5-12,17-18H2,1-4H3,(H,44,45)(H,46,47)(H,50,51,52)/p+1. The van der Waals surface area contributed by atoms with Crippen molar-refractivity contribution in [2.75, 3.05) is 18.0 Å². The molecule has 0 saturated heterocycles. The molecule has 0 saturated carbocycles. The number of fused-ring (bicyclic) bond motifs is 2. The quantitative estimate of drug-likeness (QED) is 0.0311. The summed E-state index contributed by atoms with van der Waals surface area (Å²) in [5.41, 5.74) is 1.68. The van der Waals surface area contributed by atoms with Crippen molar-refractivity contribution in [2.45, 2.75) is 112 Å². The Balaban J connectivity index is 1.59. The van der Waals surface area contributed by atoms with Crippen LogP contribution >= 0.6 is 12.0 Å². The molecule has 3 unspecified atom stereocenters. The van der Waals surface area contributed by atoms with Crippen LogP contribution in [0.25, 0.3) is 12.2 Å². The van der Waals surface area contributed by atoms with E-state index in [2.05, 4.69) is 28.2 Å². The zero-order chi connectivity index (χ0) is 41.0. The molecular formula is C39H47N4O11S2+. The van der Waals surface area contributed by atoms with Gasteiger partial charge >= 0.3 is 11.9 Å². The van der Waals surface area contributed by atoms with Crippen LogP contribution in [0.5, 0.6) is 0 Å². The Morgan fingerprint density at radius 3 is 2.23 bits per heavy atom. The van der Waals surface area contributed by atoms with Crippen molar-refractivity contribution in [3.63, 3.8) is 0 Å².